The van der Waals surface area contributed by atoms with Crippen LogP contribution in [-0.4, -0.2) is 14.1 Å². The lowest BCUT2D eigenvalue weighted by atomic mass is 9.86. The molecule has 0 rings (SSSR count). The molecule has 0 amide bonds. The van der Waals surface area contributed by atoms with E-state index < -0.39 is 8.07 Å². The Morgan fingerprint density at radius 2 is 1.69 bits per heavy atom. The third kappa shape index (κ3) is 6.86. The number of hydrogen-bond donors (Lipinski definition) is 1. The van der Waals surface area contributed by atoms with Crippen molar-refractivity contribution in [2.24, 2.45) is 11.1 Å². The van der Waals surface area contributed by atoms with Gasteiger partial charge in [-0.15, -0.1) is 11.5 Å². The molecule has 0 bridgehead atoms. The van der Waals surface area contributed by atoms with E-state index in [1.165, 1.54) is 0 Å². The van der Waals surface area contributed by atoms with Crippen molar-refractivity contribution in [3.8, 4) is 11.5 Å². The zero-order valence-corrected chi connectivity index (χ0v) is 10.9. The fourth-order valence-corrected chi connectivity index (χ4v) is 1.36. The lowest BCUT2D eigenvalue weighted by Gasteiger charge is -2.25. The summed E-state index contributed by atoms with van der Waals surface area (Å²) in [4.78, 5) is 0. The first-order valence-electron chi connectivity index (χ1n) is 4.88. The summed E-state index contributed by atoms with van der Waals surface area (Å²) in [5.74, 6) is 3.22. The predicted octanol–water partition coefficient (Wildman–Crippen LogP) is 2.63. The Labute approximate surface area is 84.1 Å². The van der Waals surface area contributed by atoms with Crippen molar-refractivity contribution in [3.05, 3.63) is 0 Å². The first-order valence-corrected chi connectivity index (χ1v) is 8.38. The van der Waals surface area contributed by atoms with Crippen LogP contribution in [0.1, 0.15) is 27.2 Å². The molecule has 1 nitrogen and oxygen atoms in total. The molecule has 0 spiro atoms. The molecule has 76 valence electrons. The molecule has 0 aromatic heterocycles. The summed E-state index contributed by atoms with van der Waals surface area (Å²) < 4.78 is 0. The van der Waals surface area contributed by atoms with Crippen LogP contribution in [-0.2, 0) is 0 Å². The molecule has 0 aliphatic carbocycles. The Balaban J connectivity index is 4.09. The quantitative estimate of drug-likeness (QED) is 0.507. The standard InChI is InChI=1S/C11H23NSi/c1-11(2,3)10(12)8-7-9-13(4,5)6/h10H,8,12H2,1-6H3/t10-/m0/s1. The normalized spacial score (nSPS) is 14.7. The van der Waals surface area contributed by atoms with E-state index in [1.54, 1.807) is 0 Å². The molecule has 0 saturated carbocycles. The highest BCUT2D eigenvalue weighted by atomic mass is 28.3. The third-order valence-corrected chi connectivity index (χ3v) is 2.82. The zero-order chi connectivity index (χ0) is 10.7. The minimum Gasteiger partial charge on any atom is -0.326 e. The van der Waals surface area contributed by atoms with Crippen molar-refractivity contribution in [1.82, 2.24) is 0 Å². The molecule has 0 aromatic carbocycles. The molecule has 0 fully saturated rings. The maximum Gasteiger partial charge on any atom is 0.129 e. The van der Waals surface area contributed by atoms with Crippen molar-refractivity contribution in [2.75, 3.05) is 0 Å². The lowest BCUT2D eigenvalue weighted by molar-refractivity contribution is 0.324. The summed E-state index contributed by atoms with van der Waals surface area (Å²) >= 11 is 0. The maximum absolute atomic E-state index is 5.99. The summed E-state index contributed by atoms with van der Waals surface area (Å²) in [7, 11) is -1.20. The van der Waals surface area contributed by atoms with Crippen LogP contribution < -0.4 is 5.73 Å². The van der Waals surface area contributed by atoms with E-state index >= 15 is 0 Å². The van der Waals surface area contributed by atoms with E-state index in [1.807, 2.05) is 0 Å². The molecular formula is C11H23NSi. The average molecular weight is 197 g/mol. The van der Waals surface area contributed by atoms with Crippen LogP contribution in [0.15, 0.2) is 0 Å². The smallest absolute Gasteiger partial charge is 0.129 e. The van der Waals surface area contributed by atoms with Crippen LogP contribution in [0.2, 0.25) is 19.6 Å². The molecular weight excluding hydrogens is 174 g/mol. The second-order valence-corrected chi connectivity index (χ2v) is 10.5. The molecule has 1 atom stereocenters. The van der Waals surface area contributed by atoms with E-state index in [9.17, 15) is 0 Å². The van der Waals surface area contributed by atoms with Crippen LogP contribution in [0.25, 0.3) is 0 Å². The molecule has 0 aliphatic heterocycles. The van der Waals surface area contributed by atoms with Gasteiger partial charge in [0.15, 0.2) is 0 Å². The van der Waals surface area contributed by atoms with Crippen molar-refractivity contribution in [3.63, 3.8) is 0 Å². The Morgan fingerprint density at radius 1 is 1.23 bits per heavy atom. The van der Waals surface area contributed by atoms with Gasteiger partial charge in [0.25, 0.3) is 0 Å². The largest absolute Gasteiger partial charge is 0.326 e. The van der Waals surface area contributed by atoms with Gasteiger partial charge in [-0.05, 0) is 5.41 Å². The summed E-state index contributed by atoms with van der Waals surface area (Å²) in [6.45, 7) is 13.2. The molecule has 0 unspecified atom stereocenters. The van der Waals surface area contributed by atoms with Crippen LogP contribution in [0.4, 0.5) is 0 Å². The Morgan fingerprint density at radius 3 is 2.00 bits per heavy atom. The van der Waals surface area contributed by atoms with Crippen molar-refractivity contribution < 1.29 is 0 Å². The average Bonchev–Trinajstić information content (AvgIpc) is 1.82. The summed E-state index contributed by atoms with van der Waals surface area (Å²) in [5, 5.41) is 0. The second-order valence-electron chi connectivity index (χ2n) is 5.73. The van der Waals surface area contributed by atoms with Gasteiger partial charge in [0.1, 0.15) is 8.07 Å². The van der Waals surface area contributed by atoms with Crippen molar-refractivity contribution >= 4 is 8.07 Å². The first kappa shape index (κ1) is 12.7. The summed E-state index contributed by atoms with van der Waals surface area (Å²) in [6, 6.07) is 0.191. The summed E-state index contributed by atoms with van der Waals surface area (Å²) in [6.07, 6.45) is 0.827. The van der Waals surface area contributed by atoms with E-state index in [0.717, 1.165) is 6.42 Å². The number of rotatable bonds is 1. The molecule has 2 N–H and O–H groups in total. The van der Waals surface area contributed by atoms with Gasteiger partial charge in [-0.2, -0.15) is 0 Å². The Kier molecular flexibility index (Phi) is 4.21. The Bertz CT molecular complexity index is 209. The van der Waals surface area contributed by atoms with Crippen LogP contribution >= 0.6 is 0 Å². The van der Waals surface area contributed by atoms with Gasteiger partial charge in [-0.3, -0.25) is 0 Å². The number of hydrogen-bond acceptors (Lipinski definition) is 1. The van der Waals surface area contributed by atoms with Crippen molar-refractivity contribution in [2.45, 2.75) is 52.9 Å². The van der Waals surface area contributed by atoms with Gasteiger partial charge in [-0.1, -0.05) is 40.4 Å². The number of nitrogens with two attached hydrogens (primary N) is 1. The fraction of sp³-hybridized carbons (Fsp3) is 0.818. The topological polar surface area (TPSA) is 26.0 Å². The second kappa shape index (κ2) is 4.30. The molecule has 2 heteroatoms. The lowest BCUT2D eigenvalue weighted by Crippen LogP contribution is -2.34. The van der Waals surface area contributed by atoms with Gasteiger partial charge >= 0.3 is 0 Å². The highest BCUT2D eigenvalue weighted by molar-refractivity contribution is 6.83. The summed E-state index contributed by atoms with van der Waals surface area (Å²) in [5.41, 5.74) is 9.50. The first-order chi connectivity index (χ1) is 5.63. The van der Waals surface area contributed by atoms with E-state index in [0.29, 0.717) is 0 Å². The highest BCUT2D eigenvalue weighted by Crippen LogP contribution is 2.19. The fourth-order valence-electron chi connectivity index (χ4n) is 0.732. The van der Waals surface area contributed by atoms with Crippen LogP contribution in [0.5, 0.6) is 0 Å². The minimum absolute atomic E-state index is 0.175. The molecule has 0 saturated heterocycles. The van der Waals surface area contributed by atoms with Gasteiger partial charge in [0.05, 0.1) is 0 Å². The molecule has 0 aliphatic rings. The van der Waals surface area contributed by atoms with Gasteiger partial charge in [-0.25, -0.2) is 0 Å². The van der Waals surface area contributed by atoms with E-state index in [4.69, 9.17) is 5.73 Å². The van der Waals surface area contributed by atoms with Gasteiger partial charge in [0, 0.05) is 12.5 Å². The van der Waals surface area contributed by atoms with Crippen LogP contribution in [0.3, 0.4) is 0 Å². The van der Waals surface area contributed by atoms with E-state index in [2.05, 4.69) is 51.9 Å². The highest BCUT2D eigenvalue weighted by Gasteiger charge is 2.19. The molecule has 0 heterocycles. The van der Waals surface area contributed by atoms with Gasteiger partial charge in [0.2, 0.25) is 0 Å². The molecule has 0 aromatic rings. The van der Waals surface area contributed by atoms with E-state index in [-0.39, 0.29) is 11.5 Å². The maximum atomic E-state index is 5.99. The van der Waals surface area contributed by atoms with Crippen LogP contribution in [0, 0.1) is 16.9 Å². The van der Waals surface area contributed by atoms with Gasteiger partial charge < -0.3 is 5.73 Å². The monoisotopic (exact) mass is 197 g/mol. The molecule has 0 radical (unpaired) electrons. The Hall–Kier alpha value is -0.263. The zero-order valence-electron chi connectivity index (χ0n) is 9.86. The third-order valence-electron chi connectivity index (χ3n) is 1.90. The molecule has 13 heavy (non-hydrogen) atoms. The predicted molar refractivity (Wildman–Crippen MR) is 63.2 cm³/mol. The minimum atomic E-state index is -1.20. The van der Waals surface area contributed by atoms with Crippen molar-refractivity contribution in [1.29, 1.82) is 0 Å². The SMILES string of the molecule is CC(C)(C)[C@@H](N)CC#C[Si](C)(C)C.